The van der Waals surface area contributed by atoms with Gasteiger partial charge in [0.2, 0.25) is 0 Å². The van der Waals surface area contributed by atoms with E-state index in [1.807, 2.05) is 6.08 Å². The predicted octanol–water partition coefficient (Wildman–Crippen LogP) is 2.39. The predicted molar refractivity (Wildman–Crippen MR) is 77.6 cm³/mol. The molecule has 1 aromatic carbocycles. The Morgan fingerprint density at radius 2 is 2.11 bits per heavy atom. The van der Waals surface area contributed by atoms with Gasteiger partial charge in [0.15, 0.2) is 0 Å². The maximum absolute atomic E-state index is 13.4. The van der Waals surface area contributed by atoms with Crippen molar-refractivity contribution in [2.24, 2.45) is 0 Å². The molecule has 0 aromatic heterocycles. The number of rotatable bonds is 4. The van der Waals surface area contributed by atoms with E-state index in [4.69, 9.17) is 4.74 Å². The molecule has 3 nitrogen and oxygen atoms in total. The fourth-order valence-corrected chi connectivity index (χ4v) is 2.37. The molecule has 1 aliphatic heterocycles. The van der Waals surface area contributed by atoms with Crippen molar-refractivity contribution in [3.63, 3.8) is 0 Å². The highest BCUT2D eigenvalue weighted by Crippen LogP contribution is 2.31. The first-order valence-corrected chi connectivity index (χ1v) is 6.17. The van der Waals surface area contributed by atoms with Gasteiger partial charge in [0.1, 0.15) is 11.6 Å². The summed E-state index contributed by atoms with van der Waals surface area (Å²) >= 11 is 0. The Morgan fingerprint density at radius 1 is 1.42 bits per heavy atom. The van der Waals surface area contributed by atoms with Crippen LogP contribution in [-0.2, 0) is 0 Å². The highest BCUT2D eigenvalue weighted by Gasteiger charge is 2.22. The first-order valence-electron chi connectivity index (χ1n) is 6.17. The first-order chi connectivity index (χ1) is 8.76. The van der Waals surface area contributed by atoms with Crippen LogP contribution in [0, 0.1) is 5.82 Å². The van der Waals surface area contributed by atoms with E-state index in [1.54, 1.807) is 13.2 Å². The molecule has 1 aromatic rings. The van der Waals surface area contributed by atoms with Crippen molar-refractivity contribution in [3.8, 4) is 5.75 Å². The van der Waals surface area contributed by atoms with E-state index in [2.05, 4.69) is 16.8 Å². The molecule has 2 rings (SSSR count). The normalized spacial score (nSPS) is 17.4. The molecule has 0 spiro atoms. The number of halogens is 2. The van der Waals surface area contributed by atoms with E-state index >= 15 is 0 Å². The molecule has 106 valence electrons. The number of hydrogen-bond acceptors (Lipinski definition) is 3. The van der Waals surface area contributed by atoms with Crippen molar-refractivity contribution in [1.82, 2.24) is 10.2 Å². The lowest BCUT2D eigenvalue weighted by atomic mass is 10.0. The van der Waals surface area contributed by atoms with Crippen molar-refractivity contribution < 1.29 is 9.13 Å². The second-order valence-electron chi connectivity index (χ2n) is 4.35. The molecule has 0 radical (unpaired) electrons. The summed E-state index contributed by atoms with van der Waals surface area (Å²) in [6, 6.07) is 4.62. The summed E-state index contributed by atoms with van der Waals surface area (Å²) in [4.78, 5) is 2.28. The van der Waals surface area contributed by atoms with Gasteiger partial charge in [0.25, 0.3) is 0 Å². The Labute approximate surface area is 119 Å². The molecule has 5 heteroatoms. The van der Waals surface area contributed by atoms with Crippen LogP contribution in [0.2, 0.25) is 0 Å². The van der Waals surface area contributed by atoms with Gasteiger partial charge in [-0.2, -0.15) is 0 Å². The third-order valence-corrected chi connectivity index (χ3v) is 3.28. The van der Waals surface area contributed by atoms with Gasteiger partial charge in [-0.3, -0.25) is 4.90 Å². The summed E-state index contributed by atoms with van der Waals surface area (Å²) in [7, 11) is 1.61. The van der Waals surface area contributed by atoms with Crippen LogP contribution >= 0.6 is 12.4 Å². The SMILES string of the molecule is C=C[C@@H](c1cc(F)ccc1OC)N1CCNCC1.Cl. The quantitative estimate of drug-likeness (QED) is 0.860. The Hall–Kier alpha value is -1.10. The monoisotopic (exact) mass is 286 g/mol. The Bertz CT molecular complexity index is 422. The van der Waals surface area contributed by atoms with Crippen LogP contribution in [0.1, 0.15) is 11.6 Å². The standard InChI is InChI=1S/C14H19FN2O.ClH/c1-3-13(17-8-6-16-7-9-17)12-10-11(15)4-5-14(12)18-2;/h3-5,10,13,16H,1,6-9H2,2H3;1H/t13-;/m0./s1. The van der Waals surface area contributed by atoms with Gasteiger partial charge in [-0.25, -0.2) is 4.39 Å². The molecule has 1 fully saturated rings. The minimum Gasteiger partial charge on any atom is -0.496 e. The molecule has 0 aliphatic carbocycles. The summed E-state index contributed by atoms with van der Waals surface area (Å²) in [5.74, 6) is 0.465. The van der Waals surface area contributed by atoms with Gasteiger partial charge in [-0.05, 0) is 18.2 Å². The second kappa shape index (κ2) is 7.48. The molecule has 1 atom stereocenters. The number of nitrogens with zero attached hydrogens (tertiary/aromatic N) is 1. The average Bonchev–Trinajstić information content (AvgIpc) is 2.41. The van der Waals surface area contributed by atoms with Gasteiger partial charge in [0, 0.05) is 31.7 Å². The topological polar surface area (TPSA) is 24.5 Å². The summed E-state index contributed by atoms with van der Waals surface area (Å²) < 4.78 is 18.7. The highest BCUT2D eigenvalue weighted by atomic mass is 35.5. The molecular formula is C14H20ClFN2O. The number of methoxy groups -OCH3 is 1. The molecule has 1 aliphatic rings. The third kappa shape index (κ3) is 3.69. The van der Waals surface area contributed by atoms with Gasteiger partial charge in [-0.15, -0.1) is 19.0 Å². The van der Waals surface area contributed by atoms with Crippen LogP contribution < -0.4 is 10.1 Å². The number of ether oxygens (including phenoxy) is 1. The zero-order chi connectivity index (χ0) is 13.0. The zero-order valence-electron chi connectivity index (χ0n) is 11.1. The molecule has 19 heavy (non-hydrogen) atoms. The molecule has 1 heterocycles. The summed E-state index contributed by atoms with van der Waals surface area (Å²) in [5, 5.41) is 3.30. The Kier molecular flexibility index (Phi) is 6.28. The van der Waals surface area contributed by atoms with Crippen LogP contribution in [0.4, 0.5) is 4.39 Å². The maximum atomic E-state index is 13.4. The largest absolute Gasteiger partial charge is 0.496 e. The number of nitrogens with one attached hydrogen (secondary N) is 1. The molecule has 0 bridgehead atoms. The van der Waals surface area contributed by atoms with Crippen molar-refractivity contribution in [1.29, 1.82) is 0 Å². The lowest BCUT2D eigenvalue weighted by Crippen LogP contribution is -2.44. The highest BCUT2D eigenvalue weighted by molar-refractivity contribution is 5.85. The van der Waals surface area contributed by atoms with Crippen molar-refractivity contribution >= 4 is 12.4 Å². The second-order valence-corrected chi connectivity index (χ2v) is 4.35. The van der Waals surface area contributed by atoms with E-state index in [9.17, 15) is 4.39 Å². The Morgan fingerprint density at radius 3 is 2.68 bits per heavy atom. The number of piperazine rings is 1. The summed E-state index contributed by atoms with van der Waals surface area (Å²) in [6.45, 7) is 7.62. The fraction of sp³-hybridized carbons (Fsp3) is 0.429. The van der Waals surface area contributed by atoms with Crippen LogP contribution in [0.15, 0.2) is 30.9 Å². The lowest BCUT2D eigenvalue weighted by molar-refractivity contribution is 0.200. The summed E-state index contributed by atoms with van der Waals surface area (Å²) in [5.41, 5.74) is 0.842. The minimum atomic E-state index is -0.243. The first kappa shape index (κ1) is 16.0. The molecule has 0 unspecified atom stereocenters. The van der Waals surface area contributed by atoms with Crippen LogP contribution in [0.5, 0.6) is 5.75 Å². The average molecular weight is 287 g/mol. The number of hydrogen-bond donors (Lipinski definition) is 1. The Balaban J connectivity index is 0.00000180. The molecule has 0 saturated carbocycles. The van der Waals surface area contributed by atoms with E-state index in [0.717, 1.165) is 31.7 Å². The minimum absolute atomic E-state index is 0. The van der Waals surface area contributed by atoms with Crippen molar-refractivity contribution in [2.75, 3.05) is 33.3 Å². The van der Waals surface area contributed by atoms with Gasteiger partial charge in [-0.1, -0.05) is 6.08 Å². The van der Waals surface area contributed by atoms with Crippen LogP contribution in [-0.4, -0.2) is 38.2 Å². The summed E-state index contributed by atoms with van der Waals surface area (Å²) in [6.07, 6.45) is 1.85. The van der Waals surface area contributed by atoms with Crippen LogP contribution in [0.3, 0.4) is 0 Å². The van der Waals surface area contributed by atoms with Crippen LogP contribution in [0.25, 0.3) is 0 Å². The van der Waals surface area contributed by atoms with Crippen molar-refractivity contribution in [2.45, 2.75) is 6.04 Å². The van der Waals surface area contributed by atoms with Gasteiger partial charge >= 0.3 is 0 Å². The van der Waals surface area contributed by atoms with E-state index in [-0.39, 0.29) is 24.3 Å². The zero-order valence-corrected chi connectivity index (χ0v) is 11.9. The maximum Gasteiger partial charge on any atom is 0.124 e. The number of benzene rings is 1. The molecule has 1 N–H and O–H groups in total. The van der Waals surface area contributed by atoms with E-state index in [1.165, 1.54) is 12.1 Å². The third-order valence-electron chi connectivity index (χ3n) is 3.28. The fourth-order valence-electron chi connectivity index (χ4n) is 2.37. The smallest absolute Gasteiger partial charge is 0.124 e. The van der Waals surface area contributed by atoms with E-state index in [0.29, 0.717) is 5.75 Å². The lowest BCUT2D eigenvalue weighted by Gasteiger charge is -2.34. The molecule has 0 amide bonds. The van der Waals surface area contributed by atoms with Gasteiger partial charge < -0.3 is 10.1 Å². The van der Waals surface area contributed by atoms with Gasteiger partial charge in [0.05, 0.1) is 13.2 Å². The molecular weight excluding hydrogens is 267 g/mol. The van der Waals surface area contributed by atoms with E-state index < -0.39 is 0 Å². The molecule has 1 saturated heterocycles. The van der Waals surface area contributed by atoms with Crippen molar-refractivity contribution in [3.05, 3.63) is 42.2 Å².